The molecular weight excluding hydrogens is 408 g/mol. The summed E-state index contributed by atoms with van der Waals surface area (Å²) in [4.78, 5) is 3.43. The summed E-state index contributed by atoms with van der Waals surface area (Å²) in [7, 11) is 0. The number of aliphatic hydroxyl groups is 2. The van der Waals surface area contributed by atoms with E-state index in [0.717, 1.165) is 44.9 Å². The van der Waals surface area contributed by atoms with E-state index in [2.05, 4.69) is 4.98 Å². The zero-order valence-electron chi connectivity index (χ0n) is 17.5. The number of benzene rings is 3. The van der Waals surface area contributed by atoms with Gasteiger partial charge in [0.15, 0.2) is 6.29 Å². The quantitative estimate of drug-likeness (QED) is 0.254. The number of hydrogen-bond acceptors (Lipinski definition) is 2. The smallest absolute Gasteiger partial charge is 0.171 e. The van der Waals surface area contributed by atoms with Gasteiger partial charge in [0.05, 0.1) is 0 Å². The Morgan fingerprint density at radius 1 is 0.969 bits per heavy atom. The molecule has 0 unspecified atom stereocenters. The monoisotopic (exact) mass is 431 g/mol. The molecule has 3 N–H and O–H groups in total. The lowest BCUT2D eigenvalue weighted by molar-refractivity contribution is 0.00303. The minimum atomic E-state index is -1.52. The normalized spacial score (nSPS) is 12.7. The Morgan fingerprint density at radius 2 is 1.72 bits per heavy atom. The van der Waals surface area contributed by atoms with Gasteiger partial charge < -0.3 is 15.2 Å². The predicted molar refractivity (Wildman–Crippen MR) is 125 cm³/mol. The molecule has 1 aromatic heterocycles. The molecule has 0 atom stereocenters. The SMILES string of the molecule is CC/C(=C(/c1ccc(/C=C/C(O)O)cc1)c1cc2ccccc2[nH]1)c1ccc(F)cc1F. The molecule has 4 aromatic rings. The first kappa shape index (κ1) is 21.7. The second kappa shape index (κ2) is 9.30. The molecule has 0 fully saturated rings. The van der Waals surface area contributed by atoms with Crippen LogP contribution in [0.2, 0.25) is 0 Å². The minimum absolute atomic E-state index is 0.356. The highest BCUT2D eigenvalue weighted by Crippen LogP contribution is 2.36. The molecule has 0 aliphatic carbocycles. The average Bonchev–Trinajstić information content (AvgIpc) is 3.20. The van der Waals surface area contributed by atoms with Crippen LogP contribution in [0.5, 0.6) is 0 Å². The maximum absolute atomic E-state index is 14.8. The van der Waals surface area contributed by atoms with Crippen LogP contribution in [0, 0.1) is 11.6 Å². The lowest BCUT2D eigenvalue weighted by atomic mass is 9.90. The largest absolute Gasteiger partial charge is 0.365 e. The highest BCUT2D eigenvalue weighted by atomic mass is 19.1. The van der Waals surface area contributed by atoms with Gasteiger partial charge in [-0.05, 0) is 53.5 Å². The van der Waals surface area contributed by atoms with E-state index < -0.39 is 17.9 Å². The van der Waals surface area contributed by atoms with Gasteiger partial charge in [0.25, 0.3) is 0 Å². The molecule has 162 valence electrons. The van der Waals surface area contributed by atoms with Crippen molar-refractivity contribution in [2.75, 3.05) is 0 Å². The van der Waals surface area contributed by atoms with Gasteiger partial charge in [0, 0.05) is 33.8 Å². The molecule has 3 nitrogen and oxygen atoms in total. The lowest BCUT2D eigenvalue weighted by Crippen LogP contribution is -1.98. The van der Waals surface area contributed by atoms with E-state index in [1.165, 1.54) is 18.2 Å². The van der Waals surface area contributed by atoms with E-state index in [9.17, 15) is 8.78 Å². The van der Waals surface area contributed by atoms with Gasteiger partial charge in [0.1, 0.15) is 11.6 Å². The molecule has 0 bridgehead atoms. The molecule has 1 heterocycles. The highest BCUT2D eigenvalue weighted by Gasteiger charge is 2.18. The van der Waals surface area contributed by atoms with Crippen molar-refractivity contribution in [1.82, 2.24) is 4.98 Å². The third kappa shape index (κ3) is 4.54. The molecule has 0 radical (unpaired) electrons. The van der Waals surface area contributed by atoms with Crippen LogP contribution in [-0.2, 0) is 0 Å². The number of H-pyrrole nitrogens is 1. The number of aromatic nitrogens is 1. The lowest BCUT2D eigenvalue weighted by Gasteiger charge is -2.16. The van der Waals surface area contributed by atoms with Gasteiger partial charge in [-0.25, -0.2) is 8.78 Å². The van der Waals surface area contributed by atoms with E-state index in [1.54, 1.807) is 6.08 Å². The third-order valence-electron chi connectivity index (χ3n) is 5.37. The Bertz CT molecular complexity index is 1270. The zero-order valence-corrected chi connectivity index (χ0v) is 17.5. The maximum Gasteiger partial charge on any atom is 0.171 e. The maximum atomic E-state index is 14.8. The topological polar surface area (TPSA) is 56.2 Å². The molecule has 0 aliphatic heterocycles. The number of hydrogen-bond donors (Lipinski definition) is 3. The number of halogens is 2. The van der Waals surface area contributed by atoms with Gasteiger partial charge in [-0.2, -0.15) is 0 Å². The van der Waals surface area contributed by atoms with Gasteiger partial charge >= 0.3 is 0 Å². The van der Waals surface area contributed by atoms with Crippen LogP contribution in [0.4, 0.5) is 8.78 Å². The first-order valence-electron chi connectivity index (χ1n) is 10.4. The van der Waals surface area contributed by atoms with Crippen molar-refractivity contribution in [3.05, 3.63) is 113 Å². The van der Waals surface area contributed by atoms with Gasteiger partial charge in [-0.15, -0.1) is 0 Å². The molecule has 0 saturated carbocycles. The average molecular weight is 431 g/mol. The first-order chi connectivity index (χ1) is 15.5. The third-order valence-corrected chi connectivity index (χ3v) is 5.37. The first-order valence-corrected chi connectivity index (χ1v) is 10.4. The number of fused-ring (bicyclic) bond motifs is 1. The number of nitrogens with one attached hydrogen (secondary N) is 1. The van der Waals surface area contributed by atoms with E-state index in [-0.39, 0.29) is 0 Å². The van der Waals surface area contributed by atoms with E-state index in [4.69, 9.17) is 10.2 Å². The molecule has 0 amide bonds. The number of aliphatic hydroxyl groups excluding tert-OH is 1. The molecule has 32 heavy (non-hydrogen) atoms. The molecule has 0 aliphatic rings. The number of aromatic amines is 1. The zero-order chi connectivity index (χ0) is 22.7. The van der Waals surface area contributed by atoms with Crippen LogP contribution in [0.15, 0.2) is 78.9 Å². The van der Waals surface area contributed by atoms with Crippen molar-refractivity contribution in [1.29, 1.82) is 0 Å². The second-order valence-corrected chi connectivity index (χ2v) is 7.50. The molecular formula is C27H23F2NO2. The Labute approximate surface area is 185 Å². The molecule has 3 aromatic carbocycles. The van der Waals surface area contributed by atoms with Crippen molar-refractivity contribution < 1.29 is 19.0 Å². The van der Waals surface area contributed by atoms with Gasteiger partial charge in [0.2, 0.25) is 0 Å². The van der Waals surface area contributed by atoms with Crippen LogP contribution in [0.3, 0.4) is 0 Å². The van der Waals surface area contributed by atoms with Crippen LogP contribution < -0.4 is 0 Å². The van der Waals surface area contributed by atoms with Crippen molar-refractivity contribution in [3.8, 4) is 0 Å². The molecule has 0 spiro atoms. The summed E-state index contributed by atoms with van der Waals surface area (Å²) in [6.07, 6.45) is 1.89. The van der Waals surface area contributed by atoms with Crippen LogP contribution >= 0.6 is 0 Å². The second-order valence-electron chi connectivity index (χ2n) is 7.50. The summed E-state index contributed by atoms with van der Waals surface area (Å²) in [5.74, 6) is -1.22. The minimum Gasteiger partial charge on any atom is -0.365 e. The highest BCUT2D eigenvalue weighted by molar-refractivity contribution is 6.00. The van der Waals surface area contributed by atoms with Crippen molar-refractivity contribution in [2.24, 2.45) is 0 Å². The van der Waals surface area contributed by atoms with Crippen molar-refractivity contribution in [3.63, 3.8) is 0 Å². The Balaban J connectivity index is 1.93. The van der Waals surface area contributed by atoms with Crippen molar-refractivity contribution >= 4 is 28.1 Å². The number of allylic oxidation sites excluding steroid dienone is 1. The summed E-state index contributed by atoms with van der Waals surface area (Å²) >= 11 is 0. The summed E-state index contributed by atoms with van der Waals surface area (Å²) in [6.45, 7) is 1.94. The van der Waals surface area contributed by atoms with Crippen LogP contribution in [-0.4, -0.2) is 21.5 Å². The van der Waals surface area contributed by atoms with E-state index >= 15 is 0 Å². The van der Waals surface area contributed by atoms with E-state index in [1.807, 2.05) is 61.5 Å². The summed E-state index contributed by atoms with van der Waals surface area (Å²) < 4.78 is 28.4. The summed E-state index contributed by atoms with van der Waals surface area (Å²) in [6, 6.07) is 21.1. The fourth-order valence-electron chi connectivity index (χ4n) is 3.89. The van der Waals surface area contributed by atoms with Crippen molar-refractivity contribution in [2.45, 2.75) is 19.6 Å². The predicted octanol–water partition coefficient (Wildman–Crippen LogP) is 6.14. The molecule has 5 heteroatoms. The standard InChI is InChI=1S/C27H23F2NO2/c1-2-21(22-13-12-20(28)16-23(22)29)27(25-15-19-5-3-4-6-24(19)30-25)18-10-7-17(8-11-18)9-14-26(31)32/h3-16,26,30-32H,2H2,1H3/b14-9+,27-21+. The molecule has 0 saturated heterocycles. The van der Waals surface area contributed by atoms with E-state index in [0.29, 0.717) is 12.0 Å². The molecule has 4 rings (SSSR count). The summed E-state index contributed by atoms with van der Waals surface area (Å²) in [5, 5.41) is 19.1. The summed E-state index contributed by atoms with van der Waals surface area (Å²) in [5.41, 5.74) is 5.39. The van der Waals surface area contributed by atoms with Gasteiger partial charge in [-0.3, -0.25) is 0 Å². The number of para-hydroxylation sites is 1. The fourth-order valence-corrected chi connectivity index (χ4v) is 3.89. The Morgan fingerprint density at radius 3 is 2.38 bits per heavy atom. The fraction of sp³-hybridized carbons (Fsp3) is 0.111. The Kier molecular flexibility index (Phi) is 6.30. The van der Waals surface area contributed by atoms with Gasteiger partial charge in [-0.1, -0.05) is 55.5 Å². The van der Waals surface area contributed by atoms with Crippen LogP contribution in [0.1, 0.15) is 35.7 Å². The Hall–Kier alpha value is -3.54. The van der Waals surface area contributed by atoms with Crippen LogP contribution in [0.25, 0.3) is 28.1 Å². The number of rotatable bonds is 6.